The van der Waals surface area contributed by atoms with Crippen LogP contribution in [0.5, 0.6) is 5.75 Å². The van der Waals surface area contributed by atoms with Gasteiger partial charge in [-0.2, -0.15) is 0 Å². The van der Waals surface area contributed by atoms with Crippen LogP contribution in [-0.2, 0) is 11.3 Å². The third kappa shape index (κ3) is 5.74. The van der Waals surface area contributed by atoms with Gasteiger partial charge >= 0.3 is 6.03 Å². The molecule has 2 N–H and O–H groups in total. The maximum absolute atomic E-state index is 13.2. The molecule has 138 valence electrons. The smallest absolute Gasteiger partial charge is 0.319 e. The van der Waals surface area contributed by atoms with Crippen LogP contribution in [0.25, 0.3) is 0 Å². The summed E-state index contributed by atoms with van der Waals surface area (Å²) in [5.74, 6) is 0.313. The van der Waals surface area contributed by atoms with Crippen molar-refractivity contribution in [1.82, 2.24) is 5.32 Å². The lowest BCUT2D eigenvalue weighted by Crippen LogP contribution is -2.31. The Kier molecular flexibility index (Phi) is 6.44. The number of rotatable bonds is 7. The lowest BCUT2D eigenvalue weighted by atomic mass is 10.2. The molecule has 1 unspecified atom stereocenters. The molecule has 1 fully saturated rings. The Labute approximate surface area is 152 Å². The quantitative estimate of drug-likeness (QED) is 0.784. The molecule has 1 aliphatic heterocycles. The molecule has 5 nitrogen and oxygen atoms in total. The molecule has 0 bridgehead atoms. The minimum atomic E-state index is -0.291. The summed E-state index contributed by atoms with van der Waals surface area (Å²) >= 11 is 0. The van der Waals surface area contributed by atoms with Crippen molar-refractivity contribution >= 4 is 11.7 Å². The number of amides is 2. The van der Waals surface area contributed by atoms with Crippen LogP contribution in [0, 0.1) is 5.82 Å². The number of hydrogen-bond acceptors (Lipinski definition) is 3. The summed E-state index contributed by atoms with van der Waals surface area (Å²) in [7, 11) is 0. The third-order valence-corrected chi connectivity index (χ3v) is 4.16. The van der Waals surface area contributed by atoms with Crippen molar-refractivity contribution in [2.45, 2.75) is 32.0 Å². The fraction of sp³-hybridized carbons (Fsp3) is 0.350. The second kappa shape index (κ2) is 9.20. The summed E-state index contributed by atoms with van der Waals surface area (Å²) in [5.41, 5.74) is 1.38. The van der Waals surface area contributed by atoms with E-state index >= 15 is 0 Å². The van der Waals surface area contributed by atoms with Crippen LogP contribution >= 0.6 is 0 Å². The highest BCUT2D eigenvalue weighted by Crippen LogP contribution is 2.19. The molecular weight excluding hydrogens is 335 g/mol. The number of ether oxygens (including phenoxy) is 2. The van der Waals surface area contributed by atoms with Crippen LogP contribution in [0.2, 0.25) is 0 Å². The molecule has 2 amide bonds. The number of nitrogens with one attached hydrogen (secondary N) is 2. The van der Waals surface area contributed by atoms with Gasteiger partial charge in [-0.3, -0.25) is 0 Å². The average Bonchev–Trinajstić information content (AvgIpc) is 3.14. The first-order chi connectivity index (χ1) is 12.7. The Morgan fingerprint density at radius 1 is 1.23 bits per heavy atom. The average molecular weight is 358 g/mol. The van der Waals surface area contributed by atoms with Crippen LogP contribution in [-0.4, -0.2) is 25.3 Å². The second-order valence-electron chi connectivity index (χ2n) is 6.25. The third-order valence-electron chi connectivity index (χ3n) is 4.16. The minimum Gasteiger partial charge on any atom is -0.489 e. The predicted octanol–water partition coefficient (Wildman–Crippen LogP) is 4.10. The Morgan fingerprint density at radius 3 is 2.92 bits per heavy atom. The fourth-order valence-corrected chi connectivity index (χ4v) is 2.85. The highest BCUT2D eigenvalue weighted by Gasteiger charge is 2.15. The highest BCUT2D eigenvalue weighted by molar-refractivity contribution is 5.89. The lowest BCUT2D eigenvalue weighted by Gasteiger charge is -2.12. The SMILES string of the molecule is O=C(NCCC1CCCO1)Nc1cccc(OCc2cccc(F)c2)c1. The van der Waals surface area contributed by atoms with Crippen LogP contribution in [0.15, 0.2) is 48.5 Å². The molecule has 3 rings (SSSR count). The largest absolute Gasteiger partial charge is 0.489 e. The van der Waals surface area contributed by atoms with Gasteiger partial charge in [0.25, 0.3) is 0 Å². The van der Waals surface area contributed by atoms with Crippen molar-refractivity contribution in [3.63, 3.8) is 0 Å². The number of hydrogen-bond donors (Lipinski definition) is 2. The molecule has 0 radical (unpaired) electrons. The van der Waals surface area contributed by atoms with Crippen molar-refractivity contribution < 1.29 is 18.7 Å². The van der Waals surface area contributed by atoms with Gasteiger partial charge in [-0.1, -0.05) is 18.2 Å². The van der Waals surface area contributed by atoms with Crippen molar-refractivity contribution in [3.8, 4) is 5.75 Å². The Bertz CT molecular complexity index is 733. The van der Waals surface area contributed by atoms with Gasteiger partial charge in [-0.05, 0) is 49.1 Å². The zero-order valence-electron chi connectivity index (χ0n) is 14.5. The molecule has 1 aliphatic rings. The Hall–Kier alpha value is -2.60. The molecular formula is C20H23FN2O3. The summed E-state index contributed by atoms with van der Waals surface area (Å²) in [6.07, 6.45) is 3.24. The van der Waals surface area contributed by atoms with Gasteiger partial charge in [0.2, 0.25) is 0 Å². The predicted molar refractivity (Wildman–Crippen MR) is 97.8 cm³/mol. The second-order valence-corrected chi connectivity index (χ2v) is 6.25. The number of carbonyl (C=O) groups is 1. The number of carbonyl (C=O) groups excluding carboxylic acids is 1. The topological polar surface area (TPSA) is 59.6 Å². The van der Waals surface area contributed by atoms with Gasteiger partial charge in [0.05, 0.1) is 6.10 Å². The minimum absolute atomic E-state index is 0.259. The van der Waals surface area contributed by atoms with Crippen molar-refractivity contribution in [3.05, 3.63) is 59.9 Å². The molecule has 1 heterocycles. The van der Waals surface area contributed by atoms with E-state index in [1.807, 2.05) is 0 Å². The maximum Gasteiger partial charge on any atom is 0.319 e. The van der Waals surface area contributed by atoms with Crippen LogP contribution in [0.4, 0.5) is 14.9 Å². The summed E-state index contributed by atoms with van der Waals surface area (Å²) in [6, 6.07) is 13.1. The molecule has 0 spiro atoms. The fourth-order valence-electron chi connectivity index (χ4n) is 2.85. The van der Waals surface area contributed by atoms with Gasteiger partial charge < -0.3 is 20.1 Å². The number of halogens is 1. The van der Waals surface area contributed by atoms with E-state index in [2.05, 4.69) is 10.6 Å². The highest BCUT2D eigenvalue weighted by atomic mass is 19.1. The lowest BCUT2D eigenvalue weighted by molar-refractivity contribution is 0.105. The Balaban J connectivity index is 1.44. The monoisotopic (exact) mass is 358 g/mol. The van der Waals surface area contributed by atoms with Crippen LogP contribution in [0.3, 0.4) is 0 Å². The summed E-state index contributed by atoms with van der Waals surface area (Å²) < 4.78 is 24.4. The standard InChI is InChI=1S/C20H23FN2O3/c21-16-5-1-4-15(12-16)14-26-19-7-2-6-17(13-19)23-20(24)22-10-9-18-8-3-11-25-18/h1-2,4-7,12-13,18H,3,8-11,14H2,(H2,22,23,24). The summed E-state index contributed by atoms with van der Waals surface area (Å²) in [5, 5.41) is 5.61. The molecule has 0 aliphatic carbocycles. The van der Waals surface area contributed by atoms with E-state index in [4.69, 9.17) is 9.47 Å². The molecule has 1 saturated heterocycles. The molecule has 0 saturated carbocycles. The molecule has 1 atom stereocenters. The van der Waals surface area contributed by atoms with E-state index in [0.717, 1.165) is 31.4 Å². The first-order valence-electron chi connectivity index (χ1n) is 8.83. The molecule has 26 heavy (non-hydrogen) atoms. The van der Waals surface area contributed by atoms with Crippen molar-refractivity contribution in [2.75, 3.05) is 18.5 Å². The molecule has 2 aromatic rings. The van der Waals surface area contributed by atoms with Crippen molar-refractivity contribution in [2.24, 2.45) is 0 Å². The van der Waals surface area contributed by atoms with Gasteiger partial charge in [0.15, 0.2) is 0 Å². The van der Waals surface area contributed by atoms with Gasteiger partial charge in [0.1, 0.15) is 18.2 Å². The van der Waals surface area contributed by atoms with E-state index in [-0.39, 0.29) is 24.6 Å². The normalized spacial score (nSPS) is 16.3. The maximum atomic E-state index is 13.2. The number of urea groups is 1. The zero-order chi connectivity index (χ0) is 18.2. The Morgan fingerprint density at radius 2 is 2.12 bits per heavy atom. The van der Waals surface area contributed by atoms with E-state index in [1.165, 1.54) is 12.1 Å². The summed E-state index contributed by atoms with van der Waals surface area (Å²) in [6.45, 7) is 1.65. The van der Waals surface area contributed by atoms with Crippen molar-refractivity contribution in [1.29, 1.82) is 0 Å². The van der Waals surface area contributed by atoms with E-state index < -0.39 is 0 Å². The summed E-state index contributed by atoms with van der Waals surface area (Å²) in [4.78, 5) is 12.0. The van der Waals surface area contributed by atoms with E-state index in [1.54, 1.807) is 36.4 Å². The van der Waals surface area contributed by atoms with Gasteiger partial charge in [0, 0.05) is 24.9 Å². The van der Waals surface area contributed by atoms with E-state index in [0.29, 0.717) is 18.0 Å². The van der Waals surface area contributed by atoms with Crippen LogP contribution < -0.4 is 15.4 Å². The van der Waals surface area contributed by atoms with Gasteiger partial charge in [-0.15, -0.1) is 0 Å². The molecule has 6 heteroatoms. The number of benzene rings is 2. The molecule has 2 aromatic carbocycles. The molecule has 0 aromatic heterocycles. The van der Waals surface area contributed by atoms with Crippen LogP contribution in [0.1, 0.15) is 24.8 Å². The first-order valence-corrected chi connectivity index (χ1v) is 8.83. The van der Waals surface area contributed by atoms with E-state index in [9.17, 15) is 9.18 Å². The first kappa shape index (κ1) is 18.2. The van der Waals surface area contributed by atoms with Gasteiger partial charge in [-0.25, -0.2) is 9.18 Å². The number of anilines is 1. The zero-order valence-corrected chi connectivity index (χ0v) is 14.5.